The van der Waals surface area contributed by atoms with E-state index in [0.717, 1.165) is 5.75 Å². The molecule has 0 radical (unpaired) electrons. The number of halogens is 1. The van der Waals surface area contributed by atoms with Crippen LogP contribution in [0.1, 0.15) is 12.5 Å². The minimum absolute atomic E-state index is 0.116. The molecule has 1 atom stereocenters. The van der Waals surface area contributed by atoms with Crippen molar-refractivity contribution >= 4 is 40.3 Å². The molecule has 0 aromatic heterocycles. The molecule has 0 fully saturated rings. The predicted molar refractivity (Wildman–Crippen MR) is 69.1 cm³/mol. The van der Waals surface area contributed by atoms with E-state index in [9.17, 15) is 4.79 Å². The van der Waals surface area contributed by atoms with Gasteiger partial charge in [-0.3, -0.25) is 4.79 Å². The van der Waals surface area contributed by atoms with Gasteiger partial charge in [-0.15, -0.1) is 11.8 Å². The average Bonchev–Trinajstić information content (AvgIpc) is 2.16. The second kappa shape index (κ2) is 5.60. The van der Waals surface area contributed by atoms with Crippen LogP contribution in [0.5, 0.6) is 0 Å². The van der Waals surface area contributed by atoms with Gasteiger partial charge in [0.2, 0.25) is 5.91 Å². The number of carbonyl (C=O) groups excluding carboxylic acids is 1. The lowest BCUT2D eigenvalue weighted by molar-refractivity contribution is -0.117. The molecule has 1 amide bonds. The summed E-state index contributed by atoms with van der Waals surface area (Å²) in [5.74, 6) is 0.585. The molecule has 0 saturated carbocycles. The molecule has 0 saturated heterocycles. The Morgan fingerprint density at radius 1 is 1.50 bits per heavy atom. The highest BCUT2D eigenvalue weighted by molar-refractivity contribution is 14.1. The van der Waals surface area contributed by atoms with Gasteiger partial charge in [0.1, 0.15) is 0 Å². The number of nitrogens with two attached hydrogens (primary N) is 1. The van der Waals surface area contributed by atoms with Crippen LogP contribution >= 0.6 is 34.4 Å². The fraction of sp³-hybridized carbons (Fsp3) is 0.300. The van der Waals surface area contributed by atoms with E-state index < -0.39 is 0 Å². The van der Waals surface area contributed by atoms with Gasteiger partial charge in [0.05, 0.1) is 5.25 Å². The summed E-state index contributed by atoms with van der Waals surface area (Å²) in [6.45, 7) is 1.83. The van der Waals surface area contributed by atoms with Crippen LogP contribution in [0.2, 0.25) is 0 Å². The molecule has 1 rings (SSSR count). The molecule has 2 N–H and O–H groups in total. The minimum atomic E-state index is -0.250. The molecule has 76 valence electrons. The smallest absolute Gasteiger partial charge is 0.230 e. The molecule has 0 unspecified atom stereocenters. The van der Waals surface area contributed by atoms with Crippen molar-refractivity contribution in [2.24, 2.45) is 5.73 Å². The summed E-state index contributed by atoms with van der Waals surface area (Å²) in [6, 6.07) is 8.27. The molecular weight excluding hydrogens is 309 g/mol. The lowest BCUT2D eigenvalue weighted by Crippen LogP contribution is -2.22. The van der Waals surface area contributed by atoms with Gasteiger partial charge in [0.25, 0.3) is 0 Å². The third-order valence-electron chi connectivity index (χ3n) is 1.81. The van der Waals surface area contributed by atoms with E-state index in [0.29, 0.717) is 0 Å². The van der Waals surface area contributed by atoms with E-state index >= 15 is 0 Å². The van der Waals surface area contributed by atoms with Crippen LogP contribution in [0.15, 0.2) is 24.3 Å². The van der Waals surface area contributed by atoms with Crippen LogP contribution in [-0.2, 0) is 10.5 Å². The van der Waals surface area contributed by atoms with Crippen molar-refractivity contribution in [2.75, 3.05) is 0 Å². The standard InChI is InChI=1S/C10H12INOS/c1-7(10(12)13)14-6-8-2-4-9(11)5-3-8/h2-5,7H,6H2,1H3,(H2,12,13)/t7-/m0/s1. The zero-order valence-corrected chi connectivity index (χ0v) is 10.8. The molecule has 0 aliphatic carbocycles. The summed E-state index contributed by atoms with van der Waals surface area (Å²) >= 11 is 3.83. The van der Waals surface area contributed by atoms with Gasteiger partial charge in [-0.2, -0.15) is 0 Å². The quantitative estimate of drug-likeness (QED) is 0.866. The van der Waals surface area contributed by atoms with Crippen molar-refractivity contribution in [3.63, 3.8) is 0 Å². The first-order valence-corrected chi connectivity index (χ1v) is 6.37. The highest BCUT2D eigenvalue weighted by Crippen LogP contribution is 2.18. The third kappa shape index (κ3) is 3.88. The highest BCUT2D eigenvalue weighted by atomic mass is 127. The number of amides is 1. The second-order valence-electron chi connectivity index (χ2n) is 2.98. The first-order valence-electron chi connectivity index (χ1n) is 4.25. The molecule has 0 bridgehead atoms. The Hall–Kier alpha value is -0.230. The fourth-order valence-electron chi connectivity index (χ4n) is 0.884. The topological polar surface area (TPSA) is 43.1 Å². The van der Waals surface area contributed by atoms with Gasteiger partial charge in [0, 0.05) is 9.32 Å². The zero-order valence-electron chi connectivity index (χ0n) is 7.87. The number of benzene rings is 1. The normalized spacial score (nSPS) is 12.4. The third-order valence-corrected chi connectivity index (χ3v) is 3.77. The van der Waals surface area contributed by atoms with Crippen molar-refractivity contribution in [3.05, 3.63) is 33.4 Å². The van der Waals surface area contributed by atoms with Gasteiger partial charge in [-0.05, 0) is 47.2 Å². The van der Waals surface area contributed by atoms with Gasteiger partial charge in [0.15, 0.2) is 0 Å². The lowest BCUT2D eigenvalue weighted by atomic mass is 10.2. The van der Waals surface area contributed by atoms with Crippen molar-refractivity contribution in [3.8, 4) is 0 Å². The van der Waals surface area contributed by atoms with Crippen molar-refractivity contribution < 1.29 is 4.79 Å². The Bertz CT molecular complexity index is 312. The number of hydrogen-bond acceptors (Lipinski definition) is 2. The first kappa shape index (κ1) is 11.8. The molecule has 0 heterocycles. The maximum atomic E-state index is 10.8. The number of hydrogen-bond donors (Lipinski definition) is 1. The summed E-state index contributed by atoms with van der Waals surface area (Å²) in [7, 11) is 0. The zero-order chi connectivity index (χ0) is 10.6. The van der Waals surface area contributed by atoms with Crippen molar-refractivity contribution in [1.29, 1.82) is 0 Å². The molecule has 4 heteroatoms. The monoisotopic (exact) mass is 321 g/mol. The Labute approximate surface area is 102 Å². The van der Waals surface area contributed by atoms with Crippen LogP contribution in [-0.4, -0.2) is 11.2 Å². The Balaban J connectivity index is 2.46. The summed E-state index contributed by atoms with van der Waals surface area (Å²) in [6.07, 6.45) is 0. The van der Waals surface area contributed by atoms with Crippen LogP contribution < -0.4 is 5.73 Å². The minimum Gasteiger partial charge on any atom is -0.369 e. The second-order valence-corrected chi connectivity index (χ2v) is 5.56. The van der Waals surface area contributed by atoms with Gasteiger partial charge in [-0.1, -0.05) is 12.1 Å². The largest absolute Gasteiger partial charge is 0.369 e. The Kier molecular flexibility index (Phi) is 4.74. The molecule has 0 spiro atoms. The van der Waals surface area contributed by atoms with E-state index in [1.165, 1.54) is 9.13 Å². The maximum Gasteiger partial charge on any atom is 0.230 e. The predicted octanol–water partition coefficient (Wildman–Crippen LogP) is 2.40. The van der Waals surface area contributed by atoms with E-state index in [-0.39, 0.29) is 11.2 Å². The average molecular weight is 321 g/mol. The Morgan fingerprint density at radius 2 is 2.07 bits per heavy atom. The number of carbonyl (C=O) groups is 1. The number of rotatable bonds is 4. The van der Waals surface area contributed by atoms with E-state index in [2.05, 4.69) is 46.9 Å². The summed E-state index contributed by atoms with van der Waals surface area (Å²) in [5, 5.41) is -0.116. The molecule has 1 aromatic rings. The van der Waals surface area contributed by atoms with Crippen LogP contribution in [0.3, 0.4) is 0 Å². The summed E-state index contributed by atoms with van der Waals surface area (Å²) in [5.41, 5.74) is 6.39. The summed E-state index contributed by atoms with van der Waals surface area (Å²) in [4.78, 5) is 10.8. The van der Waals surface area contributed by atoms with Crippen LogP contribution in [0.4, 0.5) is 0 Å². The SMILES string of the molecule is C[C@H](SCc1ccc(I)cc1)C(N)=O. The van der Waals surface area contributed by atoms with Crippen molar-refractivity contribution in [1.82, 2.24) is 0 Å². The van der Waals surface area contributed by atoms with Crippen molar-refractivity contribution in [2.45, 2.75) is 17.9 Å². The van der Waals surface area contributed by atoms with E-state index in [4.69, 9.17) is 5.73 Å². The Morgan fingerprint density at radius 3 is 2.57 bits per heavy atom. The van der Waals surface area contributed by atoms with Crippen LogP contribution in [0.25, 0.3) is 0 Å². The lowest BCUT2D eigenvalue weighted by Gasteiger charge is -2.06. The van der Waals surface area contributed by atoms with Gasteiger partial charge in [-0.25, -0.2) is 0 Å². The number of thioether (sulfide) groups is 1. The van der Waals surface area contributed by atoms with Gasteiger partial charge >= 0.3 is 0 Å². The number of primary amides is 1. The van der Waals surface area contributed by atoms with Crippen LogP contribution in [0, 0.1) is 3.57 Å². The molecule has 1 aromatic carbocycles. The van der Waals surface area contributed by atoms with E-state index in [1.54, 1.807) is 11.8 Å². The van der Waals surface area contributed by atoms with Gasteiger partial charge < -0.3 is 5.73 Å². The molecular formula is C10H12INOS. The molecule has 0 aliphatic heterocycles. The van der Waals surface area contributed by atoms with E-state index in [1.807, 2.05) is 6.92 Å². The first-order chi connectivity index (χ1) is 6.59. The molecule has 0 aliphatic rings. The highest BCUT2D eigenvalue weighted by Gasteiger charge is 2.08. The summed E-state index contributed by atoms with van der Waals surface area (Å²) < 4.78 is 1.22. The fourth-order valence-corrected chi connectivity index (χ4v) is 2.04. The molecule has 2 nitrogen and oxygen atoms in total. The molecule has 14 heavy (non-hydrogen) atoms. The maximum absolute atomic E-state index is 10.8.